The topological polar surface area (TPSA) is 54.0 Å². The molecule has 4 nitrogen and oxygen atoms in total. The van der Waals surface area contributed by atoms with Crippen LogP contribution in [0.15, 0.2) is 42.6 Å². The van der Waals surface area contributed by atoms with Gasteiger partial charge >= 0.3 is 0 Å². The largest absolute Gasteiger partial charge is 0.370 e. The minimum atomic E-state index is -0.155. The van der Waals surface area contributed by atoms with Crippen molar-refractivity contribution in [1.82, 2.24) is 4.98 Å². The number of benzene rings is 1. The Labute approximate surface area is 125 Å². The van der Waals surface area contributed by atoms with Gasteiger partial charge in [-0.25, -0.2) is 4.98 Å². The quantitative estimate of drug-likeness (QED) is 0.815. The van der Waals surface area contributed by atoms with E-state index in [4.69, 9.17) is 0 Å². The second-order valence-corrected chi connectivity index (χ2v) is 5.17. The van der Waals surface area contributed by atoms with Crippen LogP contribution in [0.3, 0.4) is 0 Å². The molecular weight excluding hydrogens is 353 g/mol. The van der Waals surface area contributed by atoms with Gasteiger partial charge in [-0.05, 0) is 59.8 Å². The number of halogens is 1. The Kier molecular flexibility index (Phi) is 4.73. The fourth-order valence-electron chi connectivity index (χ4n) is 1.58. The van der Waals surface area contributed by atoms with E-state index in [0.717, 1.165) is 21.6 Å². The van der Waals surface area contributed by atoms with Gasteiger partial charge in [-0.3, -0.25) is 4.79 Å². The van der Waals surface area contributed by atoms with Gasteiger partial charge in [0.05, 0.1) is 5.56 Å². The van der Waals surface area contributed by atoms with Crippen LogP contribution in [-0.4, -0.2) is 17.4 Å². The van der Waals surface area contributed by atoms with E-state index in [1.165, 1.54) is 0 Å². The second kappa shape index (κ2) is 6.51. The second-order valence-electron chi connectivity index (χ2n) is 3.93. The molecule has 1 aromatic heterocycles. The average Bonchev–Trinajstić information content (AvgIpc) is 2.40. The first-order valence-corrected chi connectivity index (χ1v) is 7.04. The monoisotopic (exact) mass is 367 g/mol. The molecule has 1 heterocycles. The predicted molar refractivity (Wildman–Crippen MR) is 85.5 cm³/mol. The smallest absolute Gasteiger partial charge is 0.257 e. The van der Waals surface area contributed by atoms with E-state index in [2.05, 4.69) is 38.2 Å². The van der Waals surface area contributed by atoms with Gasteiger partial charge in [0.25, 0.3) is 5.91 Å². The molecule has 1 amide bonds. The third kappa shape index (κ3) is 3.92. The number of rotatable bonds is 4. The number of anilines is 2. The number of carbonyl (C=O) groups excluding carboxylic acids is 1. The lowest BCUT2D eigenvalue weighted by atomic mass is 10.2. The Morgan fingerprint density at radius 1 is 1.32 bits per heavy atom. The molecule has 5 heteroatoms. The third-order valence-electron chi connectivity index (χ3n) is 2.47. The highest BCUT2D eigenvalue weighted by molar-refractivity contribution is 14.1. The minimum Gasteiger partial charge on any atom is -0.370 e. The predicted octanol–water partition coefficient (Wildman–Crippen LogP) is 3.37. The number of amides is 1. The minimum absolute atomic E-state index is 0.155. The van der Waals surface area contributed by atoms with Crippen LogP contribution in [0.2, 0.25) is 0 Å². The number of hydrogen-bond donors (Lipinski definition) is 2. The summed E-state index contributed by atoms with van der Waals surface area (Å²) < 4.78 is 1.08. The number of nitrogens with one attached hydrogen (secondary N) is 2. The summed E-state index contributed by atoms with van der Waals surface area (Å²) in [4.78, 5) is 16.2. The molecule has 0 aliphatic rings. The zero-order chi connectivity index (χ0) is 13.7. The van der Waals surface area contributed by atoms with Crippen LogP contribution in [0.5, 0.6) is 0 Å². The molecule has 0 aliphatic carbocycles. The zero-order valence-corrected chi connectivity index (χ0v) is 12.6. The standard InChI is InChI=1S/C14H14IN3O/c1-2-16-13-7-6-10(9-17-13)14(19)18-12-5-3-4-11(15)8-12/h3-9H,2H2,1H3,(H,16,17)(H,18,19). The molecular formula is C14H14IN3O. The summed E-state index contributed by atoms with van der Waals surface area (Å²) >= 11 is 2.21. The van der Waals surface area contributed by atoms with Crippen molar-refractivity contribution in [2.45, 2.75) is 6.92 Å². The van der Waals surface area contributed by atoms with Crippen molar-refractivity contribution in [3.63, 3.8) is 0 Å². The fraction of sp³-hybridized carbons (Fsp3) is 0.143. The number of aromatic nitrogens is 1. The molecule has 0 atom stereocenters. The van der Waals surface area contributed by atoms with Gasteiger partial charge in [0.2, 0.25) is 0 Å². The molecule has 2 N–H and O–H groups in total. The molecule has 0 radical (unpaired) electrons. The average molecular weight is 367 g/mol. The Morgan fingerprint density at radius 2 is 2.16 bits per heavy atom. The third-order valence-corrected chi connectivity index (χ3v) is 3.14. The number of carbonyl (C=O) groups is 1. The molecule has 2 rings (SSSR count). The summed E-state index contributed by atoms with van der Waals surface area (Å²) in [6.07, 6.45) is 1.57. The van der Waals surface area contributed by atoms with Crippen LogP contribution in [-0.2, 0) is 0 Å². The number of nitrogens with zero attached hydrogens (tertiary/aromatic N) is 1. The van der Waals surface area contributed by atoms with Crippen LogP contribution in [0, 0.1) is 3.57 Å². The highest BCUT2D eigenvalue weighted by Gasteiger charge is 2.06. The van der Waals surface area contributed by atoms with Crippen LogP contribution in [0.1, 0.15) is 17.3 Å². The maximum atomic E-state index is 12.0. The Morgan fingerprint density at radius 3 is 2.79 bits per heavy atom. The lowest BCUT2D eigenvalue weighted by Gasteiger charge is -2.06. The lowest BCUT2D eigenvalue weighted by molar-refractivity contribution is 0.102. The van der Waals surface area contributed by atoms with Crippen molar-refractivity contribution in [3.8, 4) is 0 Å². The summed E-state index contributed by atoms with van der Waals surface area (Å²) in [6.45, 7) is 2.81. The van der Waals surface area contributed by atoms with E-state index in [1.54, 1.807) is 18.3 Å². The number of hydrogen-bond acceptors (Lipinski definition) is 3. The van der Waals surface area contributed by atoms with Gasteiger partial charge < -0.3 is 10.6 Å². The molecule has 1 aromatic carbocycles. The Bertz CT molecular complexity index is 569. The fourth-order valence-corrected chi connectivity index (χ4v) is 2.13. The van der Waals surface area contributed by atoms with Crippen molar-refractivity contribution in [1.29, 1.82) is 0 Å². The van der Waals surface area contributed by atoms with E-state index in [-0.39, 0.29) is 5.91 Å². The van der Waals surface area contributed by atoms with Crippen LogP contribution in [0.25, 0.3) is 0 Å². The van der Waals surface area contributed by atoms with E-state index in [1.807, 2.05) is 31.2 Å². The zero-order valence-electron chi connectivity index (χ0n) is 10.5. The summed E-state index contributed by atoms with van der Waals surface area (Å²) in [5, 5.41) is 5.93. The van der Waals surface area contributed by atoms with Gasteiger partial charge in [-0.15, -0.1) is 0 Å². The molecule has 0 aliphatic heterocycles. The Hall–Kier alpha value is -1.63. The van der Waals surface area contributed by atoms with Gasteiger partial charge in [0, 0.05) is 22.0 Å². The molecule has 0 saturated carbocycles. The first kappa shape index (κ1) is 13.8. The maximum Gasteiger partial charge on any atom is 0.257 e. The normalized spacial score (nSPS) is 10.0. The highest BCUT2D eigenvalue weighted by Crippen LogP contribution is 2.14. The summed E-state index contributed by atoms with van der Waals surface area (Å²) in [6, 6.07) is 11.2. The Balaban J connectivity index is 2.07. The highest BCUT2D eigenvalue weighted by atomic mass is 127. The van der Waals surface area contributed by atoms with Crippen molar-refractivity contribution < 1.29 is 4.79 Å². The molecule has 98 valence electrons. The first-order chi connectivity index (χ1) is 9.19. The van der Waals surface area contributed by atoms with Crippen molar-refractivity contribution in [3.05, 3.63) is 51.7 Å². The first-order valence-electron chi connectivity index (χ1n) is 5.96. The molecule has 0 spiro atoms. The lowest BCUT2D eigenvalue weighted by Crippen LogP contribution is -2.12. The van der Waals surface area contributed by atoms with E-state index >= 15 is 0 Å². The molecule has 0 fully saturated rings. The van der Waals surface area contributed by atoms with E-state index in [9.17, 15) is 4.79 Å². The van der Waals surface area contributed by atoms with E-state index < -0.39 is 0 Å². The van der Waals surface area contributed by atoms with Crippen LogP contribution < -0.4 is 10.6 Å². The SMILES string of the molecule is CCNc1ccc(C(=O)Nc2cccc(I)c2)cn1. The van der Waals surface area contributed by atoms with Gasteiger partial charge in [0.15, 0.2) is 0 Å². The summed E-state index contributed by atoms with van der Waals surface area (Å²) in [5.74, 6) is 0.617. The van der Waals surface area contributed by atoms with Gasteiger partial charge in [-0.2, -0.15) is 0 Å². The molecule has 0 saturated heterocycles. The van der Waals surface area contributed by atoms with Crippen molar-refractivity contribution >= 4 is 40.0 Å². The molecule has 19 heavy (non-hydrogen) atoms. The van der Waals surface area contributed by atoms with Crippen molar-refractivity contribution in [2.75, 3.05) is 17.2 Å². The van der Waals surface area contributed by atoms with Gasteiger partial charge in [0.1, 0.15) is 5.82 Å². The van der Waals surface area contributed by atoms with Gasteiger partial charge in [-0.1, -0.05) is 6.07 Å². The molecule has 0 bridgehead atoms. The molecule has 0 unspecified atom stereocenters. The summed E-state index contributed by atoms with van der Waals surface area (Å²) in [5.41, 5.74) is 1.33. The van der Waals surface area contributed by atoms with Crippen molar-refractivity contribution in [2.24, 2.45) is 0 Å². The van der Waals surface area contributed by atoms with Crippen LogP contribution >= 0.6 is 22.6 Å². The maximum absolute atomic E-state index is 12.0. The number of pyridine rings is 1. The van der Waals surface area contributed by atoms with E-state index in [0.29, 0.717) is 5.56 Å². The molecule has 2 aromatic rings. The van der Waals surface area contributed by atoms with Crippen LogP contribution in [0.4, 0.5) is 11.5 Å². The summed E-state index contributed by atoms with van der Waals surface area (Å²) in [7, 11) is 0.